The number of rotatable bonds is 8. The van der Waals surface area contributed by atoms with Crippen LogP contribution in [-0.4, -0.2) is 34.8 Å². The van der Waals surface area contributed by atoms with Gasteiger partial charge < -0.3 is 14.5 Å². The SMILES string of the molecule is CCCNCc1c(SCCC(=O)OC)nc2ccccn12. The van der Waals surface area contributed by atoms with E-state index in [0.29, 0.717) is 12.2 Å². The molecule has 5 nitrogen and oxygen atoms in total. The Morgan fingerprint density at radius 2 is 2.33 bits per heavy atom. The molecular formula is C15H21N3O2S. The molecule has 0 fully saturated rings. The van der Waals surface area contributed by atoms with Crippen molar-refractivity contribution in [3.63, 3.8) is 0 Å². The Kier molecular flexibility index (Phi) is 6.07. The summed E-state index contributed by atoms with van der Waals surface area (Å²) >= 11 is 1.60. The van der Waals surface area contributed by atoms with Crippen molar-refractivity contribution in [1.82, 2.24) is 14.7 Å². The van der Waals surface area contributed by atoms with Gasteiger partial charge in [-0.25, -0.2) is 4.98 Å². The number of hydrogen-bond acceptors (Lipinski definition) is 5. The van der Waals surface area contributed by atoms with Crippen LogP contribution < -0.4 is 5.32 Å². The van der Waals surface area contributed by atoms with Gasteiger partial charge in [0.05, 0.1) is 19.2 Å². The molecule has 0 saturated carbocycles. The normalized spacial score (nSPS) is 11.0. The highest BCUT2D eigenvalue weighted by atomic mass is 32.2. The Morgan fingerprint density at radius 1 is 1.48 bits per heavy atom. The van der Waals surface area contributed by atoms with Gasteiger partial charge in [0.15, 0.2) is 0 Å². The Hall–Kier alpha value is -1.53. The lowest BCUT2D eigenvalue weighted by atomic mass is 10.4. The molecule has 0 bridgehead atoms. The van der Waals surface area contributed by atoms with E-state index in [2.05, 4.69) is 26.4 Å². The van der Waals surface area contributed by atoms with Gasteiger partial charge in [0.2, 0.25) is 0 Å². The van der Waals surface area contributed by atoms with E-state index in [1.165, 1.54) is 7.11 Å². The molecule has 2 heterocycles. The Labute approximate surface area is 129 Å². The third-order valence-electron chi connectivity index (χ3n) is 3.08. The van der Waals surface area contributed by atoms with Crippen molar-refractivity contribution in [2.24, 2.45) is 0 Å². The summed E-state index contributed by atoms with van der Waals surface area (Å²) in [5, 5.41) is 4.39. The molecule has 0 aromatic carbocycles. The van der Waals surface area contributed by atoms with Crippen molar-refractivity contribution in [3.05, 3.63) is 30.1 Å². The number of thioether (sulfide) groups is 1. The third kappa shape index (κ3) is 4.22. The maximum Gasteiger partial charge on any atom is 0.306 e. The van der Waals surface area contributed by atoms with Crippen LogP contribution in [-0.2, 0) is 16.1 Å². The molecule has 0 aliphatic rings. The number of carbonyl (C=O) groups is 1. The van der Waals surface area contributed by atoms with Crippen LogP contribution in [0.1, 0.15) is 25.5 Å². The van der Waals surface area contributed by atoms with Crippen molar-refractivity contribution >= 4 is 23.4 Å². The van der Waals surface area contributed by atoms with Gasteiger partial charge in [0.1, 0.15) is 10.7 Å². The molecule has 0 amide bonds. The monoisotopic (exact) mass is 307 g/mol. The van der Waals surface area contributed by atoms with E-state index in [-0.39, 0.29) is 5.97 Å². The van der Waals surface area contributed by atoms with Crippen LogP contribution in [0.4, 0.5) is 0 Å². The van der Waals surface area contributed by atoms with Crippen molar-refractivity contribution in [1.29, 1.82) is 0 Å². The molecular weight excluding hydrogens is 286 g/mol. The summed E-state index contributed by atoms with van der Waals surface area (Å²) in [6.07, 6.45) is 3.52. The van der Waals surface area contributed by atoms with E-state index in [9.17, 15) is 4.79 Å². The van der Waals surface area contributed by atoms with E-state index < -0.39 is 0 Å². The summed E-state index contributed by atoms with van der Waals surface area (Å²) in [7, 11) is 1.41. The summed E-state index contributed by atoms with van der Waals surface area (Å²) in [4.78, 5) is 15.8. The van der Waals surface area contributed by atoms with Crippen molar-refractivity contribution < 1.29 is 9.53 Å². The van der Waals surface area contributed by atoms with E-state index >= 15 is 0 Å². The molecule has 21 heavy (non-hydrogen) atoms. The molecule has 0 aliphatic heterocycles. The minimum Gasteiger partial charge on any atom is -0.469 e. The predicted molar refractivity (Wildman–Crippen MR) is 84.5 cm³/mol. The lowest BCUT2D eigenvalue weighted by molar-refractivity contribution is -0.140. The first-order valence-corrected chi connectivity index (χ1v) is 8.11. The summed E-state index contributed by atoms with van der Waals surface area (Å²) in [5.41, 5.74) is 2.08. The first-order chi connectivity index (χ1) is 10.3. The van der Waals surface area contributed by atoms with E-state index in [0.717, 1.165) is 35.9 Å². The van der Waals surface area contributed by atoms with Crippen LogP contribution in [0.25, 0.3) is 5.65 Å². The number of fused-ring (bicyclic) bond motifs is 1. The zero-order chi connectivity index (χ0) is 15.1. The van der Waals surface area contributed by atoms with Crippen molar-refractivity contribution in [2.75, 3.05) is 19.4 Å². The number of carbonyl (C=O) groups excluding carboxylic acids is 1. The fourth-order valence-corrected chi connectivity index (χ4v) is 2.98. The first kappa shape index (κ1) is 15.9. The minimum absolute atomic E-state index is 0.183. The number of nitrogens with zero attached hydrogens (tertiary/aromatic N) is 2. The number of ether oxygens (including phenoxy) is 1. The highest BCUT2D eigenvalue weighted by molar-refractivity contribution is 7.99. The van der Waals surface area contributed by atoms with Crippen LogP contribution in [0.15, 0.2) is 29.4 Å². The smallest absolute Gasteiger partial charge is 0.306 e. The number of imidazole rings is 1. The maximum atomic E-state index is 11.2. The molecule has 0 saturated heterocycles. The molecule has 0 aliphatic carbocycles. The predicted octanol–water partition coefficient (Wildman–Crippen LogP) is 2.49. The molecule has 2 aromatic heterocycles. The third-order valence-corrected chi connectivity index (χ3v) is 4.09. The number of pyridine rings is 1. The Morgan fingerprint density at radius 3 is 3.10 bits per heavy atom. The van der Waals surface area contributed by atoms with Gasteiger partial charge in [-0.15, -0.1) is 11.8 Å². The highest BCUT2D eigenvalue weighted by Gasteiger charge is 2.12. The standard InChI is InChI=1S/C15H21N3O2S/c1-3-8-16-11-12-15(21-10-7-14(19)20-2)17-13-6-4-5-9-18(12)13/h4-6,9,16H,3,7-8,10-11H2,1-2H3. The number of nitrogens with one attached hydrogen (secondary N) is 1. The zero-order valence-electron chi connectivity index (χ0n) is 12.5. The molecule has 2 aromatic rings. The minimum atomic E-state index is -0.183. The zero-order valence-corrected chi connectivity index (χ0v) is 13.3. The van der Waals surface area contributed by atoms with Gasteiger partial charge in [0.25, 0.3) is 0 Å². The molecule has 0 spiro atoms. The quantitative estimate of drug-likeness (QED) is 0.461. The summed E-state index contributed by atoms with van der Waals surface area (Å²) < 4.78 is 6.77. The average molecular weight is 307 g/mol. The van der Waals surface area contributed by atoms with E-state index in [1.807, 2.05) is 24.4 Å². The number of hydrogen-bond donors (Lipinski definition) is 1. The molecule has 1 N–H and O–H groups in total. The summed E-state index contributed by atoms with van der Waals surface area (Å²) in [6, 6.07) is 5.98. The first-order valence-electron chi connectivity index (χ1n) is 7.12. The van der Waals surface area contributed by atoms with Crippen LogP contribution >= 0.6 is 11.8 Å². The second-order valence-electron chi connectivity index (χ2n) is 4.64. The van der Waals surface area contributed by atoms with E-state index in [1.54, 1.807) is 11.8 Å². The second kappa shape index (κ2) is 8.05. The molecule has 2 rings (SSSR count). The van der Waals surface area contributed by atoms with Gasteiger partial charge in [-0.2, -0.15) is 0 Å². The molecule has 6 heteroatoms. The van der Waals surface area contributed by atoms with Crippen molar-refractivity contribution in [2.45, 2.75) is 31.3 Å². The lowest BCUT2D eigenvalue weighted by Gasteiger charge is -2.06. The van der Waals surface area contributed by atoms with Gasteiger partial charge in [0, 0.05) is 18.5 Å². The van der Waals surface area contributed by atoms with Gasteiger partial charge in [-0.1, -0.05) is 13.0 Å². The maximum absolute atomic E-state index is 11.2. The van der Waals surface area contributed by atoms with Crippen LogP contribution in [0.2, 0.25) is 0 Å². The number of esters is 1. The average Bonchev–Trinajstić information content (AvgIpc) is 2.85. The second-order valence-corrected chi connectivity index (χ2v) is 5.73. The summed E-state index contributed by atoms with van der Waals surface area (Å²) in [6.45, 7) is 3.90. The molecule has 114 valence electrons. The van der Waals surface area contributed by atoms with Crippen LogP contribution in [0.3, 0.4) is 0 Å². The van der Waals surface area contributed by atoms with Gasteiger partial charge >= 0.3 is 5.97 Å². The van der Waals surface area contributed by atoms with Crippen LogP contribution in [0, 0.1) is 0 Å². The van der Waals surface area contributed by atoms with Crippen LogP contribution in [0.5, 0.6) is 0 Å². The van der Waals surface area contributed by atoms with Gasteiger partial charge in [-0.3, -0.25) is 4.79 Å². The fraction of sp³-hybridized carbons (Fsp3) is 0.467. The number of methoxy groups -OCH3 is 1. The Bertz CT molecular complexity index is 598. The van der Waals surface area contributed by atoms with E-state index in [4.69, 9.17) is 0 Å². The topological polar surface area (TPSA) is 55.6 Å². The Balaban J connectivity index is 2.12. The summed E-state index contributed by atoms with van der Waals surface area (Å²) in [5.74, 6) is 0.495. The molecule has 0 radical (unpaired) electrons. The molecule has 0 unspecified atom stereocenters. The van der Waals surface area contributed by atoms with Crippen molar-refractivity contribution in [3.8, 4) is 0 Å². The largest absolute Gasteiger partial charge is 0.469 e. The van der Waals surface area contributed by atoms with Gasteiger partial charge in [-0.05, 0) is 25.1 Å². The fourth-order valence-electron chi connectivity index (χ4n) is 2.02. The molecule has 0 atom stereocenters. The lowest BCUT2D eigenvalue weighted by Crippen LogP contribution is -2.15. The number of aromatic nitrogens is 2. The highest BCUT2D eigenvalue weighted by Crippen LogP contribution is 2.24.